The van der Waals surface area contributed by atoms with Crippen LogP contribution in [0.5, 0.6) is 0 Å². The van der Waals surface area contributed by atoms with Crippen LogP contribution in [-0.2, 0) is 14.6 Å². The molecule has 16 heavy (non-hydrogen) atoms. The van der Waals surface area contributed by atoms with E-state index < -0.39 is 15.3 Å². The molecule has 0 spiro atoms. The minimum Gasteiger partial charge on any atom is -0.352 e. The molecule has 0 aromatic heterocycles. The summed E-state index contributed by atoms with van der Waals surface area (Å²) >= 11 is 0. The van der Waals surface area contributed by atoms with Crippen molar-refractivity contribution in [3.05, 3.63) is 29.8 Å². The van der Waals surface area contributed by atoms with E-state index in [1.54, 1.807) is 24.3 Å². The molecule has 1 aliphatic rings. The summed E-state index contributed by atoms with van der Waals surface area (Å²) in [5, 5.41) is 0. The van der Waals surface area contributed by atoms with Gasteiger partial charge in [0.25, 0.3) is 0 Å². The molecule has 0 N–H and O–H groups in total. The van der Waals surface area contributed by atoms with Gasteiger partial charge in [0, 0.05) is 0 Å². The zero-order valence-electron chi connectivity index (χ0n) is 9.67. The van der Waals surface area contributed by atoms with Gasteiger partial charge >= 0.3 is 0 Å². The Kier molecular flexibility index (Phi) is 2.80. The van der Waals surface area contributed by atoms with Gasteiger partial charge in [-0.2, -0.15) is 0 Å². The second-order valence-electron chi connectivity index (χ2n) is 4.57. The molecule has 1 aliphatic heterocycles. The molecule has 0 amide bonds. The summed E-state index contributed by atoms with van der Waals surface area (Å²) in [4.78, 5) is 0.353. The third-order valence-electron chi connectivity index (χ3n) is 2.80. The van der Waals surface area contributed by atoms with Crippen LogP contribution >= 0.6 is 0 Å². The zero-order chi connectivity index (χ0) is 11.9. The topological polar surface area (TPSA) is 46.7 Å². The van der Waals surface area contributed by atoms with Crippen molar-refractivity contribution >= 4 is 9.84 Å². The second-order valence-corrected chi connectivity index (χ2v) is 6.60. The van der Waals surface area contributed by atoms with Crippen LogP contribution in [0.4, 0.5) is 0 Å². The van der Waals surface area contributed by atoms with Crippen molar-refractivity contribution in [3.63, 3.8) is 0 Å². The highest BCUT2D eigenvalue weighted by atomic mass is 32.2. The van der Waals surface area contributed by atoms with Crippen molar-refractivity contribution < 1.29 is 13.2 Å². The van der Waals surface area contributed by atoms with Crippen LogP contribution in [0.2, 0.25) is 0 Å². The summed E-state index contributed by atoms with van der Waals surface area (Å²) in [6.07, 6.45) is -0.147. The predicted octanol–water partition coefficient (Wildman–Crippen LogP) is 2.15. The average Bonchev–Trinajstić information content (AvgIpc) is 2.98. The normalized spacial score (nSPS) is 24.8. The number of hydrogen-bond donors (Lipinski definition) is 0. The van der Waals surface area contributed by atoms with E-state index in [0.717, 1.165) is 5.56 Å². The van der Waals surface area contributed by atoms with E-state index in [0.29, 0.717) is 4.90 Å². The fraction of sp³-hybridized carbons (Fsp3) is 0.500. The summed E-state index contributed by atoms with van der Waals surface area (Å²) in [6, 6.07) is 6.90. The Bertz CT molecular complexity index is 473. The second kappa shape index (κ2) is 3.86. The van der Waals surface area contributed by atoms with E-state index in [-0.39, 0.29) is 12.0 Å². The van der Waals surface area contributed by atoms with Gasteiger partial charge in [-0.25, -0.2) is 8.42 Å². The van der Waals surface area contributed by atoms with Gasteiger partial charge in [0.2, 0.25) is 9.84 Å². The molecule has 3 nitrogen and oxygen atoms in total. The Hall–Kier alpha value is -0.870. The first-order valence-corrected chi connectivity index (χ1v) is 6.93. The maximum Gasteiger partial charge on any atom is 0.207 e. The van der Waals surface area contributed by atoms with Crippen LogP contribution in [0.15, 0.2) is 29.2 Å². The Balaban J connectivity index is 2.24. The van der Waals surface area contributed by atoms with Crippen molar-refractivity contribution in [3.8, 4) is 0 Å². The predicted molar refractivity (Wildman–Crippen MR) is 61.9 cm³/mol. The SMILES string of the molecule is Cc1ccc(S(=O)(=O)[C@@H]2O[C@H]2C(C)C)cc1. The molecule has 1 saturated heterocycles. The number of rotatable bonds is 3. The Labute approximate surface area is 96.4 Å². The van der Waals surface area contributed by atoms with Crippen molar-refractivity contribution in [1.29, 1.82) is 0 Å². The van der Waals surface area contributed by atoms with Crippen LogP contribution < -0.4 is 0 Å². The molecule has 2 atom stereocenters. The van der Waals surface area contributed by atoms with Crippen LogP contribution in [0.3, 0.4) is 0 Å². The summed E-state index contributed by atoms with van der Waals surface area (Å²) in [6.45, 7) is 5.87. The maximum absolute atomic E-state index is 12.1. The number of ether oxygens (including phenoxy) is 1. The third kappa shape index (κ3) is 1.99. The molecule has 0 saturated carbocycles. The molecule has 0 radical (unpaired) electrons. The van der Waals surface area contributed by atoms with Crippen LogP contribution in [0, 0.1) is 12.8 Å². The van der Waals surface area contributed by atoms with Gasteiger partial charge in [-0.05, 0) is 25.0 Å². The van der Waals surface area contributed by atoms with E-state index in [1.165, 1.54) is 0 Å². The first kappa shape index (κ1) is 11.6. The molecule has 0 aliphatic carbocycles. The summed E-state index contributed by atoms with van der Waals surface area (Å²) < 4.78 is 29.4. The number of hydrogen-bond acceptors (Lipinski definition) is 3. The Morgan fingerprint density at radius 3 is 2.19 bits per heavy atom. The lowest BCUT2D eigenvalue weighted by atomic mass is 10.2. The maximum atomic E-state index is 12.1. The first-order chi connectivity index (χ1) is 7.43. The van der Waals surface area contributed by atoms with Crippen molar-refractivity contribution in [2.24, 2.45) is 5.92 Å². The lowest BCUT2D eigenvalue weighted by Crippen LogP contribution is -2.14. The summed E-state index contributed by atoms with van der Waals surface area (Å²) in [5.41, 5.74) is 0.409. The highest BCUT2D eigenvalue weighted by Gasteiger charge is 2.51. The highest BCUT2D eigenvalue weighted by Crippen LogP contribution is 2.36. The Morgan fingerprint density at radius 1 is 1.19 bits per heavy atom. The van der Waals surface area contributed by atoms with Crippen molar-refractivity contribution in [1.82, 2.24) is 0 Å². The van der Waals surface area contributed by atoms with E-state index in [2.05, 4.69) is 0 Å². The molecule has 0 unspecified atom stereocenters. The summed E-state index contributed by atoms with van der Waals surface area (Å²) in [7, 11) is -3.30. The molecule has 1 fully saturated rings. The fourth-order valence-corrected chi connectivity index (χ4v) is 3.42. The number of benzene rings is 1. The molecule has 2 rings (SSSR count). The monoisotopic (exact) mass is 240 g/mol. The Morgan fingerprint density at radius 2 is 1.75 bits per heavy atom. The van der Waals surface area contributed by atoms with Gasteiger partial charge in [0.05, 0.1) is 4.90 Å². The molecule has 1 aromatic carbocycles. The van der Waals surface area contributed by atoms with Gasteiger partial charge in [0.15, 0.2) is 5.44 Å². The van der Waals surface area contributed by atoms with Crippen molar-refractivity contribution in [2.45, 2.75) is 37.2 Å². The van der Waals surface area contributed by atoms with Crippen LogP contribution in [0.25, 0.3) is 0 Å². The molecular formula is C12H16O3S. The van der Waals surface area contributed by atoms with Gasteiger partial charge in [0.1, 0.15) is 6.10 Å². The first-order valence-electron chi connectivity index (χ1n) is 5.39. The standard InChI is InChI=1S/C12H16O3S/c1-8(2)11-12(15-11)16(13,14)10-6-4-9(3)5-7-10/h4-8,11-12H,1-3H3/t11-,12-/m0/s1. The summed E-state index contributed by atoms with van der Waals surface area (Å²) in [5.74, 6) is 0.241. The van der Waals surface area contributed by atoms with Gasteiger partial charge in [-0.1, -0.05) is 31.5 Å². The molecule has 1 heterocycles. The third-order valence-corrected chi connectivity index (χ3v) is 4.72. The van der Waals surface area contributed by atoms with E-state index in [9.17, 15) is 8.42 Å². The van der Waals surface area contributed by atoms with Crippen molar-refractivity contribution in [2.75, 3.05) is 0 Å². The highest BCUT2D eigenvalue weighted by molar-refractivity contribution is 7.92. The van der Waals surface area contributed by atoms with Gasteiger partial charge in [-0.15, -0.1) is 0 Å². The lowest BCUT2D eigenvalue weighted by Gasteiger charge is -2.02. The van der Waals surface area contributed by atoms with Gasteiger partial charge in [-0.3, -0.25) is 0 Å². The van der Waals surface area contributed by atoms with E-state index in [1.807, 2.05) is 20.8 Å². The molecule has 1 aromatic rings. The van der Waals surface area contributed by atoms with Crippen LogP contribution in [-0.4, -0.2) is 20.0 Å². The number of epoxide rings is 1. The quantitative estimate of drug-likeness (QED) is 0.760. The molecule has 0 bridgehead atoms. The largest absolute Gasteiger partial charge is 0.352 e. The average molecular weight is 240 g/mol. The fourth-order valence-electron chi connectivity index (χ4n) is 1.69. The molecule has 88 valence electrons. The van der Waals surface area contributed by atoms with Crippen LogP contribution in [0.1, 0.15) is 19.4 Å². The van der Waals surface area contributed by atoms with E-state index >= 15 is 0 Å². The molecule has 4 heteroatoms. The number of sulfone groups is 1. The smallest absolute Gasteiger partial charge is 0.207 e. The number of aryl methyl sites for hydroxylation is 1. The van der Waals surface area contributed by atoms with Gasteiger partial charge < -0.3 is 4.74 Å². The van der Waals surface area contributed by atoms with E-state index in [4.69, 9.17) is 4.74 Å². The molecular weight excluding hydrogens is 224 g/mol. The lowest BCUT2D eigenvalue weighted by molar-refractivity contribution is 0.348. The minimum absolute atomic E-state index is 0.147. The minimum atomic E-state index is -3.30. The zero-order valence-corrected chi connectivity index (χ0v) is 10.5.